The van der Waals surface area contributed by atoms with E-state index >= 15 is 0 Å². The van der Waals surface area contributed by atoms with Crippen LogP contribution in [0.1, 0.15) is 5.56 Å². The number of carboxylic acids is 1. The van der Waals surface area contributed by atoms with E-state index in [0.29, 0.717) is 5.56 Å². The average molecular weight is 223 g/mol. The summed E-state index contributed by atoms with van der Waals surface area (Å²) in [6, 6.07) is 8.86. The van der Waals surface area contributed by atoms with Gasteiger partial charge in [0.2, 0.25) is 0 Å². The first-order valence-corrected chi connectivity index (χ1v) is 5.34. The summed E-state index contributed by atoms with van der Waals surface area (Å²) in [5.74, 6) is -0.842. The quantitative estimate of drug-likeness (QED) is 0.786. The first kappa shape index (κ1) is 10.2. The third kappa shape index (κ3) is 1.88. The summed E-state index contributed by atoms with van der Waals surface area (Å²) < 4.78 is 0. The van der Waals surface area contributed by atoms with Gasteiger partial charge in [0.1, 0.15) is 0 Å². The molecular formula is C10H9NO3S. The molecule has 1 heterocycles. The molecule has 1 atom stereocenters. The minimum absolute atomic E-state index is 0.0404. The number of carbonyl (C=O) groups is 1. The van der Waals surface area contributed by atoms with Gasteiger partial charge in [-0.3, -0.25) is 0 Å². The zero-order valence-electron chi connectivity index (χ0n) is 7.75. The number of hydrogen-bond acceptors (Lipinski definition) is 4. The maximum Gasteiger partial charge on any atom is 0.360 e. The molecule has 1 aromatic rings. The lowest BCUT2D eigenvalue weighted by atomic mass is 10.1. The van der Waals surface area contributed by atoms with E-state index < -0.39 is 11.7 Å². The van der Waals surface area contributed by atoms with E-state index in [1.807, 2.05) is 6.07 Å². The van der Waals surface area contributed by atoms with Gasteiger partial charge in [-0.15, -0.1) is 0 Å². The Morgan fingerprint density at radius 2 is 2.07 bits per heavy atom. The molecule has 1 aliphatic heterocycles. The highest BCUT2D eigenvalue weighted by Crippen LogP contribution is 2.34. The number of rotatable bonds is 2. The van der Waals surface area contributed by atoms with E-state index in [1.165, 1.54) is 0 Å². The largest absolute Gasteiger partial charge is 0.476 e. The number of aliphatic carboxylic acids is 1. The van der Waals surface area contributed by atoms with Crippen LogP contribution in [0.2, 0.25) is 0 Å². The number of aliphatic hydroxyl groups is 1. The highest BCUT2D eigenvalue weighted by Gasteiger charge is 2.36. The van der Waals surface area contributed by atoms with Gasteiger partial charge in [-0.2, -0.15) is 0 Å². The van der Waals surface area contributed by atoms with Crippen molar-refractivity contribution in [3.8, 4) is 0 Å². The molecule has 0 aliphatic carbocycles. The van der Waals surface area contributed by atoms with Crippen molar-refractivity contribution in [1.82, 2.24) is 0 Å². The van der Waals surface area contributed by atoms with Gasteiger partial charge in [0.15, 0.2) is 10.8 Å². The molecule has 4 nitrogen and oxygen atoms in total. The van der Waals surface area contributed by atoms with Crippen LogP contribution in [-0.2, 0) is 10.5 Å². The highest BCUT2D eigenvalue weighted by atomic mass is 32.2. The summed E-state index contributed by atoms with van der Waals surface area (Å²) in [6.45, 7) is 0. The van der Waals surface area contributed by atoms with Crippen LogP contribution in [0.15, 0.2) is 35.3 Å². The second-order valence-corrected chi connectivity index (χ2v) is 4.16. The number of benzene rings is 1. The molecule has 0 amide bonds. The van der Waals surface area contributed by atoms with Crippen molar-refractivity contribution in [3.63, 3.8) is 0 Å². The van der Waals surface area contributed by atoms with Crippen LogP contribution in [0, 0.1) is 0 Å². The minimum atomic E-state index is -1.39. The zero-order valence-corrected chi connectivity index (χ0v) is 8.57. The summed E-state index contributed by atoms with van der Waals surface area (Å²) in [5, 5.41) is 18.8. The molecule has 1 aromatic carbocycles. The lowest BCUT2D eigenvalue weighted by Gasteiger charge is -2.17. The summed E-state index contributed by atoms with van der Waals surface area (Å²) in [5.41, 5.74) is -0.770. The van der Waals surface area contributed by atoms with Crippen molar-refractivity contribution in [2.75, 3.05) is 5.75 Å². The van der Waals surface area contributed by atoms with Gasteiger partial charge < -0.3 is 10.2 Å². The van der Waals surface area contributed by atoms with Crippen LogP contribution in [0.5, 0.6) is 0 Å². The van der Waals surface area contributed by atoms with Gasteiger partial charge >= 0.3 is 5.97 Å². The minimum Gasteiger partial charge on any atom is -0.476 e. The summed E-state index contributed by atoms with van der Waals surface area (Å²) >= 11 is 1.05. The Morgan fingerprint density at radius 1 is 1.40 bits per heavy atom. The molecule has 0 fully saturated rings. The maximum atomic E-state index is 10.7. The van der Waals surface area contributed by atoms with Gasteiger partial charge in [0.05, 0.1) is 5.75 Å². The number of nitrogens with zero attached hydrogens (tertiary/aromatic N) is 1. The molecule has 5 heteroatoms. The molecule has 0 saturated carbocycles. The maximum absolute atomic E-state index is 10.7. The van der Waals surface area contributed by atoms with Crippen LogP contribution in [-0.4, -0.2) is 27.0 Å². The molecule has 0 radical (unpaired) electrons. The number of thioether (sulfide) groups is 1. The van der Waals surface area contributed by atoms with E-state index in [1.54, 1.807) is 24.3 Å². The van der Waals surface area contributed by atoms with Gasteiger partial charge in [-0.05, 0) is 0 Å². The van der Waals surface area contributed by atoms with Crippen LogP contribution in [0.25, 0.3) is 0 Å². The van der Waals surface area contributed by atoms with E-state index in [-0.39, 0.29) is 10.8 Å². The van der Waals surface area contributed by atoms with Crippen molar-refractivity contribution in [3.05, 3.63) is 35.9 Å². The number of hydrogen-bond donors (Lipinski definition) is 2. The third-order valence-electron chi connectivity index (χ3n) is 2.12. The lowest BCUT2D eigenvalue weighted by Crippen LogP contribution is -2.23. The molecule has 78 valence electrons. The Labute approximate surface area is 90.7 Å². The van der Waals surface area contributed by atoms with Crippen LogP contribution in [0.3, 0.4) is 0 Å². The highest BCUT2D eigenvalue weighted by molar-refractivity contribution is 8.16. The number of aliphatic imine (C=N–C) groups is 1. The predicted molar refractivity (Wildman–Crippen MR) is 57.9 cm³/mol. The summed E-state index contributed by atoms with van der Waals surface area (Å²) in [7, 11) is 0. The Bertz CT molecular complexity index is 418. The summed E-state index contributed by atoms with van der Waals surface area (Å²) in [4.78, 5) is 14.5. The fraction of sp³-hybridized carbons (Fsp3) is 0.200. The van der Waals surface area contributed by atoms with E-state index in [4.69, 9.17) is 5.11 Å². The monoisotopic (exact) mass is 223 g/mol. The molecule has 0 bridgehead atoms. The molecule has 0 aromatic heterocycles. The van der Waals surface area contributed by atoms with Gasteiger partial charge in [0, 0.05) is 5.56 Å². The smallest absolute Gasteiger partial charge is 0.360 e. The van der Waals surface area contributed by atoms with Crippen LogP contribution in [0.4, 0.5) is 0 Å². The normalized spacial score (nSPS) is 25.0. The Kier molecular flexibility index (Phi) is 2.50. The van der Waals surface area contributed by atoms with E-state index in [2.05, 4.69) is 4.99 Å². The average Bonchev–Trinajstić information content (AvgIpc) is 2.64. The Hall–Kier alpha value is -1.33. The van der Waals surface area contributed by atoms with Gasteiger partial charge in [-0.25, -0.2) is 9.79 Å². The second kappa shape index (κ2) is 3.67. The Balaban J connectivity index is 2.35. The molecule has 15 heavy (non-hydrogen) atoms. The molecule has 1 unspecified atom stereocenters. The third-order valence-corrected chi connectivity index (χ3v) is 3.20. The molecule has 1 aliphatic rings. The van der Waals surface area contributed by atoms with Crippen LogP contribution < -0.4 is 0 Å². The second-order valence-electron chi connectivity index (χ2n) is 3.19. The van der Waals surface area contributed by atoms with Gasteiger partial charge in [-0.1, -0.05) is 42.1 Å². The van der Waals surface area contributed by atoms with Crippen molar-refractivity contribution in [2.24, 2.45) is 4.99 Å². The molecular weight excluding hydrogens is 214 g/mol. The standard InChI is InChI=1S/C10H9NO3S/c12-9(13)8-11-10(14,6-15-8)7-4-2-1-3-5-7/h1-5,14H,6H2,(H,12,13). The molecule has 0 saturated heterocycles. The molecule has 2 rings (SSSR count). The SMILES string of the molecule is O=C(O)C1=NC(O)(c2ccccc2)CS1. The van der Waals surface area contributed by atoms with Crippen molar-refractivity contribution < 1.29 is 15.0 Å². The first-order valence-electron chi connectivity index (χ1n) is 4.36. The first-order chi connectivity index (χ1) is 7.12. The number of carboxylic acid groups (broad SMARTS) is 1. The lowest BCUT2D eigenvalue weighted by molar-refractivity contribution is -0.129. The Morgan fingerprint density at radius 3 is 2.60 bits per heavy atom. The topological polar surface area (TPSA) is 69.9 Å². The fourth-order valence-electron chi connectivity index (χ4n) is 1.36. The molecule has 2 N–H and O–H groups in total. The van der Waals surface area contributed by atoms with Crippen molar-refractivity contribution in [1.29, 1.82) is 0 Å². The van der Waals surface area contributed by atoms with Gasteiger partial charge in [0.25, 0.3) is 0 Å². The summed E-state index contributed by atoms with van der Waals surface area (Å²) in [6.07, 6.45) is 0. The van der Waals surface area contributed by atoms with E-state index in [0.717, 1.165) is 11.8 Å². The van der Waals surface area contributed by atoms with Crippen LogP contribution >= 0.6 is 11.8 Å². The predicted octanol–water partition coefficient (Wildman–Crippen LogP) is 1.06. The fourth-order valence-corrected chi connectivity index (χ4v) is 2.27. The van der Waals surface area contributed by atoms with Crippen molar-refractivity contribution >= 4 is 22.8 Å². The van der Waals surface area contributed by atoms with Crippen molar-refractivity contribution in [2.45, 2.75) is 5.72 Å². The zero-order chi connectivity index (χ0) is 10.9. The van der Waals surface area contributed by atoms with E-state index in [9.17, 15) is 9.90 Å². The molecule has 0 spiro atoms.